The van der Waals surface area contributed by atoms with Crippen molar-refractivity contribution in [2.75, 3.05) is 5.32 Å². The van der Waals surface area contributed by atoms with Gasteiger partial charge in [-0.2, -0.15) is 0 Å². The van der Waals surface area contributed by atoms with Crippen LogP contribution in [0, 0.1) is 5.41 Å². The van der Waals surface area contributed by atoms with Crippen LogP contribution in [-0.2, 0) is 6.42 Å². The van der Waals surface area contributed by atoms with E-state index in [4.69, 9.17) is 0 Å². The molecule has 0 aromatic heterocycles. The second-order valence-electron chi connectivity index (χ2n) is 5.04. The molecule has 0 saturated carbocycles. The quantitative estimate of drug-likeness (QED) is 0.741. The Hall–Kier alpha value is -0.500. The van der Waals surface area contributed by atoms with Gasteiger partial charge in [-0.3, -0.25) is 0 Å². The van der Waals surface area contributed by atoms with Crippen LogP contribution in [0.4, 0.5) is 5.69 Å². The Morgan fingerprint density at radius 1 is 1.36 bits per heavy atom. The fraction of sp³-hybridized carbons (Fsp3) is 0.500. The van der Waals surface area contributed by atoms with Gasteiger partial charge in [0.1, 0.15) is 0 Å². The second-order valence-corrected chi connectivity index (χ2v) is 5.90. The van der Waals surface area contributed by atoms with Gasteiger partial charge >= 0.3 is 0 Å². The molecule has 1 atom stereocenters. The van der Waals surface area contributed by atoms with E-state index in [0.717, 1.165) is 6.42 Å². The first-order valence-corrected chi connectivity index (χ1v) is 5.82. The molecule has 76 valence electrons. The van der Waals surface area contributed by atoms with Crippen molar-refractivity contribution in [1.82, 2.24) is 0 Å². The second kappa shape index (κ2) is 3.27. The first kappa shape index (κ1) is 10.0. The van der Waals surface area contributed by atoms with Crippen LogP contribution in [-0.4, -0.2) is 6.04 Å². The van der Waals surface area contributed by atoms with Gasteiger partial charge in [-0.05, 0) is 39.4 Å². The monoisotopic (exact) mass is 253 g/mol. The van der Waals surface area contributed by atoms with Gasteiger partial charge in [0, 0.05) is 10.5 Å². The van der Waals surface area contributed by atoms with Crippen LogP contribution in [0.1, 0.15) is 26.3 Å². The Morgan fingerprint density at radius 2 is 2.07 bits per heavy atom. The maximum Gasteiger partial charge on any atom is 0.0520 e. The van der Waals surface area contributed by atoms with E-state index in [-0.39, 0.29) is 0 Å². The lowest BCUT2D eigenvalue weighted by Crippen LogP contribution is -2.31. The molecule has 0 spiro atoms. The molecule has 1 heterocycles. The Kier molecular flexibility index (Phi) is 2.34. The first-order valence-electron chi connectivity index (χ1n) is 5.02. The predicted octanol–water partition coefficient (Wildman–Crippen LogP) is 3.83. The molecule has 1 aromatic rings. The molecule has 0 bridgehead atoms. The molecule has 0 fully saturated rings. The van der Waals surface area contributed by atoms with E-state index in [1.165, 1.54) is 15.7 Å². The van der Waals surface area contributed by atoms with Crippen LogP contribution >= 0.6 is 15.9 Å². The lowest BCUT2D eigenvalue weighted by atomic mass is 9.85. The maximum atomic E-state index is 3.60. The number of nitrogens with one attached hydrogen (secondary N) is 1. The van der Waals surface area contributed by atoms with Gasteiger partial charge in [0.2, 0.25) is 0 Å². The third kappa shape index (κ3) is 1.68. The number of halogens is 1. The molecule has 0 radical (unpaired) electrons. The highest BCUT2D eigenvalue weighted by Gasteiger charge is 2.31. The normalized spacial score (nSPS) is 20.4. The van der Waals surface area contributed by atoms with Gasteiger partial charge in [0.15, 0.2) is 0 Å². The van der Waals surface area contributed by atoms with Gasteiger partial charge in [0.05, 0.1) is 5.69 Å². The third-order valence-corrected chi connectivity index (χ3v) is 3.55. The van der Waals surface area contributed by atoms with E-state index < -0.39 is 0 Å². The van der Waals surface area contributed by atoms with Gasteiger partial charge < -0.3 is 5.32 Å². The number of hydrogen-bond donors (Lipinski definition) is 1. The zero-order valence-corrected chi connectivity index (χ0v) is 10.5. The number of anilines is 1. The number of rotatable bonds is 0. The molecule has 1 unspecified atom stereocenters. The highest BCUT2D eigenvalue weighted by Crippen LogP contribution is 2.38. The summed E-state index contributed by atoms with van der Waals surface area (Å²) in [7, 11) is 0. The fourth-order valence-corrected chi connectivity index (χ4v) is 2.39. The van der Waals surface area contributed by atoms with Gasteiger partial charge in [-0.25, -0.2) is 0 Å². The minimum atomic E-state index is 0.318. The summed E-state index contributed by atoms with van der Waals surface area (Å²) < 4.78 is 1.18. The zero-order valence-electron chi connectivity index (χ0n) is 8.89. The molecule has 1 nitrogen and oxygen atoms in total. The summed E-state index contributed by atoms with van der Waals surface area (Å²) in [5.41, 5.74) is 3.03. The molecule has 14 heavy (non-hydrogen) atoms. The molecule has 1 aliphatic rings. The SMILES string of the molecule is CC(C)(C)C1Cc2cccc(Br)c2N1. The van der Waals surface area contributed by atoms with Crippen molar-refractivity contribution < 1.29 is 0 Å². The van der Waals surface area contributed by atoms with Crippen molar-refractivity contribution in [1.29, 1.82) is 0 Å². The molecule has 1 aromatic carbocycles. The van der Waals surface area contributed by atoms with E-state index in [9.17, 15) is 0 Å². The van der Waals surface area contributed by atoms with Crippen molar-refractivity contribution in [3.63, 3.8) is 0 Å². The smallest absolute Gasteiger partial charge is 0.0520 e. The van der Waals surface area contributed by atoms with Crippen LogP contribution in [0.15, 0.2) is 22.7 Å². The van der Waals surface area contributed by atoms with Gasteiger partial charge in [-0.1, -0.05) is 32.9 Å². The lowest BCUT2D eigenvalue weighted by Gasteiger charge is -2.27. The molecule has 0 amide bonds. The third-order valence-electron chi connectivity index (χ3n) is 2.89. The molecule has 1 aliphatic heterocycles. The van der Waals surface area contributed by atoms with E-state index in [1.54, 1.807) is 0 Å². The molecule has 2 heteroatoms. The molecule has 0 saturated heterocycles. The molecular weight excluding hydrogens is 238 g/mol. The Bertz CT molecular complexity index is 352. The minimum Gasteiger partial charge on any atom is -0.380 e. The van der Waals surface area contributed by atoms with Crippen molar-refractivity contribution in [3.05, 3.63) is 28.2 Å². The largest absolute Gasteiger partial charge is 0.380 e. The average molecular weight is 254 g/mol. The highest BCUT2D eigenvalue weighted by molar-refractivity contribution is 9.10. The highest BCUT2D eigenvalue weighted by atomic mass is 79.9. The average Bonchev–Trinajstić information content (AvgIpc) is 2.48. The van der Waals surface area contributed by atoms with Crippen LogP contribution in [0.3, 0.4) is 0 Å². The fourth-order valence-electron chi connectivity index (χ4n) is 1.87. The molecule has 1 N–H and O–H groups in total. The summed E-state index contributed by atoms with van der Waals surface area (Å²) in [5, 5.41) is 3.60. The van der Waals surface area contributed by atoms with Crippen LogP contribution in [0.5, 0.6) is 0 Å². The summed E-state index contributed by atoms with van der Waals surface area (Å²) in [4.78, 5) is 0. The maximum absolute atomic E-state index is 3.60. The van der Waals surface area contributed by atoms with Crippen LogP contribution in [0.2, 0.25) is 0 Å². The minimum absolute atomic E-state index is 0.318. The predicted molar refractivity (Wildman–Crippen MR) is 64.7 cm³/mol. The number of fused-ring (bicyclic) bond motifs is 1. The van der Waals surface area contributed by atoms with Gasteiger partial charge in [0.25, 0.3) is 0 Å². The van der Waals surface area contributed by atoms with Crippen LogP contribution in [0.25, 0.3) is 0 Å². The first-order chi connectivity index (χ1) is 6.48. The van der Waals surface area contributed by atoms with Crippen molar-refractivity contribution >= 4 is 21.6 Å². The summed E-state index contributed by atoms with van der Waals surface area (Å²) in [5.74, 6) is 0. The summed E-state index contributed by atoms with van der Waals surface area (Å²) in [6.45, 7) is 6.85. The molecule has 2 rings (SSSR count). The zero-order chi connectivity index (χ0) is 10.3. The van der Waals surface area contributed by atoms with Crippen molar-refractivity contribution in [3.8, 4) is 0 Å². The number of benzene rings is 1. The van der Waals surface area contributed by atoms with Crippen molar-refractivity contribution in [2.24, 2.45) is 5.41 Å². The Balaban J connectivity index is 2.31. The summed E-state index contributed by atoms with van der Waals surface area (Å²) >= 11 is 3.58. The number of hydrogen-bond acceptors (Lipinski definition) is 1. The van der Waals surface area contributed by atoms with Crippen LogP contribution < -0.4 is 5.32 Å². The number of para-hydroxylation sites is 1. The van der Waals surface area contributed by atoms with E-state index in [2.05, 4.69) is 60.2 Å². The summed E-state index contributed by atoms with van der Waals surface area (Å²) in [6, 6.07) is 6.96. The van der Waals surface area contributed by atoms with E-state index >= 15 is 0 Å². The van der Waals surface area contributed by atoms with E-state index in [1.807, 2.05) is 0 Å². The molecule has 0 aliphatic carbocycles. The Labute approximate surface area is 94.0 Å². The molecular formula is C12H16BrN. The van der Waals surface area contributed by atoms with Gasteiger partial charge in [-0.15, -0.1) is 0 Å². The topological polar surface area (TPSA) is 12.0 Å². The Morgan fingerprint density at radius 3 is 2.64 bits per heavy atom. The van der Waals surface area contributed by atoms with Crippen molar-refractivity contribution in [2.45, 2.75) is 33.2 Å². The van der Waals surface area contributed by atoms with E-state index in [0.29, 0.717) is 11.5 Å². The standard InChI is InChI=1S/C12H16BrN/c1-12(2,3)10-7-8-5-4-6-9(13)11(8)14-10/h4-6,10,14H,7H2,1-3H3. The lowest BCUT2D eigenvalue weighted by molar-refractivity contribution is 0.347. The summed E-state index contributed by atoms with van der Waals surface area (Å²) in [6.07, 6.45) is 1.14.